The molecule has 27 heavy (non-hydrogen) atoms. The highest BCUT2D eigenvalue weighted by molar-refractivity contribution is 7.14. The molecule has 0 saturated heterocycles. The van der Waals surface area contributed by atoms with Crippen molar-refractivity contribution in [2.24, 2.45) is 0 Å². The molecule has 1 amide bonds. The van der Waals surface area contributed by atoms with Crippen LogP contribution in [0.1, 0.15) is 58.8 Å². The second-order valence-electron chi connectivity index (χ2n) is 7.25. The Kier molecular flexibility index (Phi) is 6.67. The molecule has 2 atom stereocenters. The van der Waals surface area contributed by atoms with Gasteiger partial charge in [-0.3, -0.25) is 4.79 Å². The van der Waals surface area contributed by atoms with Crippen molar-refractivity contribution in [1.82, 2.24) is 5.32 Å². The van der Waals surface area contributed by atoms with E-state index < -0.39 is 12.1 Å². The van der Waals surface area contributed by atoms with Crippen LogP contribution in [0.4, 0.5) is 0 Å². The van der Waals surface area contributed by atoms with Gasteiger partial charge in [0.25, 0.3) is 5.91 Å². The van der Waals surface area contributed by atoms with Gasteiger partial charge < -0.3 is 10.1 Å². The molecule has 4 nitrogen and oxygen atoms in total. The first-order valence-electron chi connectivity index (χ1n) is 9.70. The van der Waals surface area contributed by atoms with Crippen molar-refractivity contribution in [3.05, 3.63) is 57.3 Å². The summed E-state index contributed by atoms with van der Waals surface area (Å²) in [6.45, 7) is 3.60. The normalized spacial score (nSPS) is 15.5. The van der Waals surface area contributed by atoms with Crippen molar-refractivity contribution in [2.75, 3.05) is 0 Å². The van der Waals surface area contributed by atoms with Gasteiger partial charge in [0, 0.05) is 10.9 Å². The molecule has 1 aromatic heterocycles. The van der Waals surface area contributed by atoms with Gasteiger partial charge in [-0.25, -0.2) is 4.79 Å². The molecule has 0 aliphatic heterocycles. The third-order valence-corrected chi connectivity index (χ3v) is 6.17. The van der Waals surface area contributed by atoms with Gasteiger partial charge in [-0.1, -0.05) is 30.3 Å². The zero-order chi connectivity index (χ0) is 19.2. The van der Waals surface area contributed by atoms with Crippen molar-refractivity contribution in [2.45, 2.75) is 64.5 Å². The molecule has 1 aliphatic carbocycles. The van der Waals surface area contributed by atoms with Crippen LogP contribution in [0.25, 0.3) is 0 Å². The molecule has 2 aromatic rings. The molecule has 0 spiro atoms. The number of amides is 1. The van der Waals surface area contributed by atoms with E-state index in [-0.39, 0.29) is 11.9 Å². The molecule has 1 heterocycles. The monoisotopic (exact) mass is 385 g/mol. The lowest BCUT2D eigenvalue weighted by Crippen LogP contribution is -2.40. The van der Waals surface area contributed by atoms with Crippen molar-refractivity contribution in [1.29, 1.82) is 0 Å². The molecule has 144 valence electrons. The summed E-state index contributed by atoms with van der Waals surface area (Å²) in [5, 5.41) is 2.94. The minimum atomic E-state index is -0.796. The number of nitrogens with one attached hydrogen (secondary N) is 1. The fourth-order valence-corrected chi connectivity index (χ4v) is 4.46. The lowest BCUT2D eigenvalue weighted by Gasteiger charge is -2.17. The molecule has 1 aromatic carbocycles. The van der Waals surface area contributed by atoms with Crippen LogP contribution < -0.4 is 5.32 Å². The Morgan fingerprint density at radius 2 is 1.89 bits per heavy atom. The Morgan fingerprint density at radius 1 is 1.15 bits per heavy atom. The number of benzene rings is 1. The third kappa shape index (κ3) is 5.42. The van der Waals surface area contributed by atoms with E-state index in [0.29, 0.717) is 4.88 Å². The summed E-state index contributed by atoms with van der Waals surface area (Å²) in [6, 6.07) is 12.2. The highest BCUT2D eigenvalue weighted by Crippen LogP contribution is 2.30. The van der Waals surface area contributed by atoms with Crippen molar-refractivity contribution < 1.29 is 14.3 Å². The molecule has 1 N–H and O–H groups in total. The van der Waals surface area contributed by atoms with Gasteiger partial charge in [-0.05, 0) is 69.6 Å². The Balaban J connectivity index is 1.46. The van der Waals surface area contributed by atoms with Gasteiger partial charge in [0.05, 0.1) is 0 Å². The van der Waals surface area contributed by atoms with E-state index in [1.54, 1.807) is 6.92 Å². The highest BCUT2D eigenvalue weighted by Gasteiger charge is 2.23. The number of hydrogen-bond donors (Lipinski definition) is 1. The first-order chi connectivity index (χ1) is 13.0. The quantitative estimate of drug-likeness (QED) is 0.723. The third-order valence-electron chi connectivity index (χ3n) is 4.95. The van der Waals surface area contributed by atoms with E-state index in [4.69, 9.17) is 4.74 Å². The van der Waals surface area contributed by atoms with Gasteiger partial charge >= 0.3 is 5.97 Å². The Labute approximate surface area is 164 Å². The number of ether oxygens (including phenoxy) is 1. The molecule has 0 unspecified atom stereocenters. The van der Waals surface area contributed by atoms with Crippen LogP contribution in [0, 0.1) is 0 Å². The molecule has 0 fully saturated rings. The number of thiophene rings is 1. The molecular formula is C22H27NO3S. The minimum Gasteiger partial charge on any atom is -0.448 e. The molecule has 0 radical (unpaired) electrons. The lowest BCUT2D eigenvalue weighted by molar-refractivity contribution is -0.129. The van der Waals surface area contributed by atoms with Crippen LogP contribution in [0.2, 0.25) is 0 Å². The van der Waals surface area contributed by atoms with Crippen LogP contribution in [0.5, 0.6) is 0 Å². The van der Waals surface area contributed by atoms with E-state index in [2.05, 4.69) is 17.4 Å². The molecule has 5 heteroatoms. The maximum absolute atomic E-state index is 12.4. The summed E-state index contributed by atoms with van der Waals surface area (Å²) in [6.07, 6.45) is 5.39. The highest BCUT2D eigenvalue weighted by atomic mass is 32.1. The van der Waals surface area contributed by atoms with Crippen molar-refractivity contribution in [3.8, 4) is 0 Å². The van der Waals surface area contributed by atoms with Crippen LogP contribution in [-0.2, 0) is 28.8 Å². The second kappa shape index (κ2) is 9.18. The van der Waals surface area contributed by atoms with E-state index >= 15 is 0 Å². The molecular weight excluding hydrogens is 358 g/mol. The number of rotatable bonds is 7. The van der Waals surface area contributed by atoms with E-state index in [0.717, 1.165) is 25.7 Å². The van der Waals surface area contributed by atoms with E-state index in [1.165, 1.54) is 40.2 Å². The van der Waals surface area contributed by atoms with E-state index in [1.807, 2.05) is 31.2 Å². The summed E-state index contributed by atoms with van der Waals surface area (Å²) in [5.41, 5.74) is 2.52. The second-order valence-corrected chi connectivity index (χ2v) is 8.38. The summed E-state index contributed by atoms with van der Waals surface area (Å²) in [7, 11) is 0. The van der Waals surface area contributed by atoms with Gasteiger partial charge in [0.1, 0.15) is 4.88 Å². The van der Waals surface area contributed by atoms with Crippen LogP contribution in [0.3, 0.4) is 0 Å². The maximum atomic E-state index is 12.4. The van der Waals surface area contributed by atoms with Gasteiger partial charge in [0.2, 0.25) is 0 Å². The summed E-state index contributed by atoms with van der Waals surface area (Å²) >= 11 is 1.51. The summed E-state index contributed by atoms with van der Waals surface area (Å²) in [4.78, 5) is 26.6. The van der Waals surface area contributed by atoms with Crippen LogP contribution >= 0.6 is 11.3 Å². The number of carbonyl (C=O) groups excluding carboxylic acids is 2. The van der Waals surface area contributed by atoms with E-state index in [9.17, 15) is 9.59 Å². The SMILES string of the molecule is C[C@@H](CCc1ccccc1)NC(=O)[C@@H](C)OC(=O)c1cc2c(s1)CCCC2. The molecule has 0 bridgehead atoms. The fraction of sp³-hybridized carbons (Fsp3) is 0.455. The smallest absolute Gasteiger partial charge is 0.349 e. The van der Waals surface area contributed by atoms with Gasteiger partial charge in [-0.2, -0.15) is 0 Å². The number of fused-ring (bicyclic) bond motifs is 1. The Hall–Kier alpha value is -2.14. The predicted molar refractivity (Wildman–Crippen MR) is 108 cm³/mol. The Bertz CT molecular complexity index is 761. The first kappa shape index (κ1) is 19.6. The van der Waals surface area contributed by atoms with Gasteiger partial charge in [-0.15, -0.1) is 11.3 Å². The van der Waals surface area contributed by atoms with Crippen LogP contribution in [-0.4, -0.2) is 24.0 Å². The largest absolute Gasteiger partial charge is 0.448 e. The summed E-state index contributed by atoms with van der Waals surface area (Å²) < 4.78 is 5.40. The minimum absolute atomic E-state index is 0.0212. The zero-order valence-electron chi connectivity index (χ0n) is 16.0. The average molecular weight is 386 g/mol. The summed E-state index contributed by atoms with van der Waals surface area (Å²) in [5.74, 6) is -0.640. The number of hydrogen-bond acceptors (Lipinski definition) is 4. The number of aryl methyl sites for hydroxylation is 3. The zero-order valence-corrected chi connectivity index (χ0v) is 16.8. The molecule has 3 rings (SSSR count). The average Bonchev–Trinajstić information content (AvgIpc) is 3.11. The Morgan fingerprint density at radius 3 is 2.63 bits per heavy atom. The van der Waals surface area contributed by atoms with Crippen molar-refractivity contribution >= 4 is 23.2 Å². The molecule has 1 aliphatic rings. The van der Waals surface area contributed by atoms with Gasteiger partial charge in [0.15, 0.2) is 6.10 Å². The first-order valence-corrected chi connectivity index (χ1v) is 10.5. The predicted octanol–water partition coefficient (Wildman–Crippen LogP) is 4.31. The topological polar surface area (TPSA) is 55.4 Å². The molecule has 0 saturated carbocycles. The lowest BCUT2D eigenvalue weighted by atomic mass is 9.99. The van der Waals surface area contributed by atoms with Crippen LogP contribution in [0.15, 0.2) is 36.4 Å². The standard InChI is InChI=1S/C22H27NO3S/c1-15(12-13-17-8-4-3-5-9-17)23-21(24)16(2)26-22(25)20-14-18-10-6-7-11-19(18)27-20/h3-5,8-9,14-16H,6-7,10-13H2,1-2H3,(H,23,24)/t15-,16+/m0/s1. The fourth-order valence-electron chi connectivity index (χ4n) is 3.32. The van der Waals surface area contributed by atoms with Crippen molar-refractivity contribution in [3.63, 3.8) is 0 Å². The maximum Gasteiger partial charge on any atom is 0.349 e. The number of carbonyl (C=O) groups is 2. The number of esters is 1.